The maximum Gasteiger partial charge on any atom is 0.0512 e. The van der Waals surface area contributed by atoms with Gasteiger partial charge in [-0.05, 0) is 19.4 Å². The molecule has 1 aromatic rings. The van der Waals surface area contributed by atoms with E-state index in [0.717, 1.165) is 11.3 Å². The molecule has 0 aliphatic heterocycles. The van der Waals surface area contributed by atoms with Crippen LogP contribution in [0.5, 0.6) is 0 Å². The molecule has 1 heteroatoms. The third-order valence-electron chi connectivity index (χ3n) is 1.51. The zero-order chi connectivity index (χ0) is 8.97. The first-order chi connectivity index (χ1) is 5.70. The van der Waals surface area contributed by atoms with Crippen molar-refractivity contribution in [2.75, 3.05) is 6.52 Å². The Labute approximate surface area is 69.2 Å². The highest BCUT2D eigenvalue weighted by Gasteiger charge is 1.91. The van der Waals surface area contributed by atoms with Gasteiger partial charge in [0.1, 0.15) is 0 Å². The minimum atomic E-state index is -0.370. The van der Waals surface area contributed by atoms with E-state index in [1.165, 1.54) is 0 Å². The molecule has 0 saturated carbocycles. The first-order valence-electron chi connectivity index (χ1n) is 4.30. The minimum absolute atomic E-state index is 0.370. The van der Waals surface area contributed by atoms with Crippen LogP contribution < -0.4 is 0 Å². The highest BCUT2D eigenvalue weighted by molar-refractivity contribution is 5.98. The van der Waals surface area contributed by atoms with Crippen LogP contribution in [0, 0.1) is 0 Å². The first-order valence-corrected chi connectivity index (χ1v) is 3.72. The fourth-order valence-electron chi connectivity index (χ4n) is 0.948. The van der Waals surface area contributed by atoms with Crippen molar-refractivity contribution >= 4 is 5.71 Å². The smallest absolute Gasteiger partial charge is 0.0512 e. The highest BCUT2D eigenvalue weighted by Crippen LogP contribution is 1.99. The SMILES string of the molecule is [2H][C@H](C)N=C(C)c1ccccc1. The molecule has 0 spiro atoms. The van der Waals surface area contributed by atoms with Gasteiger partial charge < -0.3 is 0 Å². The van der Waals surface area contributed by atoms with Crippen LogP contribution in [0.4, 0.5) is 0 Å². The van der Waals surface area contributed by atoms with Crippen LogP contribution in [0.3, 0.4) is 0 Å². The molecule has 0 amide bonds. The monoisotopic (exact) mass is 148 g/mol. The fraction of sp³-hybridized carbons (Fsp3) is 0.300. The summed E-state index contributed by atoms with van der Waals surface area (Å²) >= 11 is 0. The summed E-state index contributed by atoms with van der Waals surface area (Å²) in [4.78, 5) is 4.13. The summed E-state index contributed by atoms with van der Waals surface area (Å²) in [6.07, 6.45) is 0. The van der Waals surface area contributed by atoms with Crippen molar-refractivity contribution in [3.63, 3.8) is 0 Å². The van der Waals surface area contributed by atoms with Gasteiger partial charge in [-0.1, -0.05) is 30.3 Å². The van der Waals surface area contributed by atoms with E-state index in [0.29, 0.717) is 0 Å². The molecule has 0 bridgehead atoms. The maximum absolute atomic E-state index is 7.27. The maximum atomic E-state index is 7.27. The quantitative estimate of drug-likeness (QED) is 0.571. The Morgan fingerprint density at radius 2 is 2.09 bits per heavy atom. The van der Waals surface area contributed by atoms with Crippen LogP contribution in [-0.2, 0) is 0 Å². The zero-order valence-corrected chi connectivity index (χ0v) is 6.91. The van der Waals surface area contributed by atoms with Gasteiger partial charge in [0, 0.05) is 12.2 Å². The lowest BCUT2D eigenvalue weighted by molar-refractivity contribution is 1.13. The van der Waals surface area contributed by atoms with Crippen molar-refractivity contribution in [1.82, 2.24) is 0 Å². The second-order valence-electron chi connectivity index (χ2n) is 2.34. The predicted molar refractivity (Wildman–Crippen MR) is 49.2 cm³/mol. The van der Waals surface area contributed by atoms with E-state index in [9.17, 15) is 0 Å². The molecule has 0 aliphatic rings. The summed E-state index contributed by atoms with van der Waals surface area (Å²) in [5.74, 6) is 0. The van der Waals surface area contributed by atoms with Crippen molar-refractivity contribution in [1.29, 1.82) is 0 Å². The lowest BCUT2D eigenvalue weighted by Crippen LogP contribution is -1.93. The van der Waals surface area contributed by atoms with E-state index >= 15 is 0 Å². The topological polar surface area (TPSA) is 12.4 Å². The number of hydrogen-bond acceptors (Lipinski definition) is 1. The Hall–Kier alpha value is -1.11. The number of hydrogen-bond donors (Lipinski definition) is 0. The Kier molecular flexibility index (Phi) is 2.35. The number of nitrogens with zero attached hydrogens (tertiary/aromatic N) is 1. The second-order valence-corrected chi connectivity index (χ2v) is 2.34. The number of aliphatic imine (C=N–C) groups is 1. The van der Waals surface area contributed by atoms with Crippen molar-refractivity contribution in [3.8, 4) is 0 Å². The Bertz CT molecular complexity index is 264. The normalized spacial score (nSPS) is 15.8. The predicted octanol–water partition coefficient (Wildman–Crippen LogP) is 2.52. The molecule has 0 fully saturated rings. The standard InChI is InChI=1S/C10H13N/c1-3-11-9(2)10-7-5-4-6-8-10/h4-8H,3H2,1-2H3/i3D/t3-/m1/s1. The molecule has 0 radical (unpaired) electrons. The van der Waals surface area contributed by atoms with Crippen molar-refractivity contribution < 1.29 is 1.37 Å². The molecule has 1 nitrogen and oxygen atoms in total. The van der Waals surface area contributed by atoms with E-state index in [1.807, 2.05) is 37.3 Å². The number of benzene rings is 1. The molecule has 0 unspecified atom stereocenters. The lowest BCUT2D eigenvalue weighted by atomic mass is 10.1. The largest absolute Gasteiger partial charge is 0.290 e. The zero-order valence-electron chi connectivity index (χ0n) is 7.91. The lowest BCUT2D eigenvalue weighted by Gasteiger charge is -1.97. The molecule has 1 atom stereocenters. The molecule has 0 aromatic heterocycles. The van der Waals surface area contributed by atoms with Gasteiger partial charge >= 0.3 is 0 Å². The van der Waals surface area contributed by atoms with Crippen LogP contribution >= 0.6 is 0 Å². The average Bonchev–Trinajstić information content (AvgIpc) is 2.05. The molecule has 58 valence electrons. The van der Waals surface area contributed by atoms with E-state index < -0.39 is 0 Å². The molecule has 1 aromatic carbocycles. The molecule has 0 aliphatic carbocycles. The van der Waals surface area contributed by atoms with Gasteiger partial charge in [0.25, 0.3) is 0 Å². The van der Waals surface area contributed by atoms with Crippen LogP contribution in [0.1, 0.15) is 20.8 Å². The van der Waals surface area contributed by atoms with Crippen LogP contribution in [0.25, 0.3) is 0 Å². The Balaban J connectivity index is 2.85. The molecule has 0 saturated heterocycles. The molecular weight excluding hydrogens is 134 g/mol. The van der Waals surface area contributed by atoms with Gasteiger partial charge in [-0.2, -0.15) is 0 Å². The molecule has 1 rings (SSSR count). The molecule has 0 N–H and O–H groups in total. The van der Waals surface area contributed by atoms with Crippen molar-refractivity contribution in [2.24, 2.45) is 4.99 Å². The van der Waals surface area contributed by atoms with Crippen molar-refractivity contribution in [2.45, 2.75) is 13.8 Å². The Morgan fingerprint density at radius 1 is 1.45 bits per heavy atom. The van der Waals surface area contributed by atoms with Gasteiger partial charge in [0.2, 0.25) is 0 Å². The summed E-state index contributed by atoms with van der Waals surface area (Å²) in [6, 6.07) is 9.93. The molecule has 0 heterocycles. The summed E-state index contributed by atoms with van der Waals surface area (Å²) < 4.78 is 7.27. The summed E-state index contributed by atoms with van der Waals surface area (Å²) in [5.41, 5.74) is 2.02. The highest BCUT2D eigenvalue weighted by atomic mass is 14.7. The van der Waals surface area contributed by atoms with E-state index in [4.69, 9.17) is 1.37 Å². The molecule has 11 heavy (non-hydrogen) atoms. The average molecular weight is 148 g/mol. The van der Waals surface area contributed by atoms with Crippen LogP contribution in [-0.4, -0.2) is 12.2 Å². The van der Waals surface area contributed by atoms with Gasteiger partial charge in [0.15, 0.2) is 0 Å². The number of rotatable bonds is 2. The van der Waals surface area contributed by atoms with E-state index in [-0.39, 0.29) is 6.52 Å². The third kappa shape index (κ3) is 2.19. The minimum Gasteiger partial charge on any atom is -0.290 e. The van der Waals surface area contributed by atoms with Crippen LogP contribution in [0.15, 0.2) is 35.3 Å². The van der Waals surface area contributed by atoms with Gasteiger partial charge in [-0.3, -0.25) is 4.99 Å². The summed E-state index contributed by atoms with van der Waals surface area (Å²) in [6.45, 7) is 3.32. The van der Waals surface area contributed by atoms with Gasteiger partial charge in [-0.25, -0.2) is 0 Å². The Morgan fingerprint density at radius 3 is 2.64 bits per heavy atom. The first kappa shape index (κ1) is 6.59. The van der Waals surface area contributed by atoms with Gasteiger partial charge in [0.05, 0.1) is 1.37 Å². The van der Waals surface area contributed by atoms with E-state index in [1.54, 1.807) is 6.92 Å². The van der Waals surface area contributed by atoms with Crippen LogP contribution in [0.2, 0.25) is 0 Å². The second kappa shape index (κ2) is 3.91. The van der Waals surface area contributed by atoms with Gasteiger partial charge in [-0.15, -0.1) is 0 Å². The summed E-state index contributed by atoms with van der Waals surface area (Å²) in [5, 5.41) is 0. The van der Waals surface area contributed by atoms with Crippen molar-refractivity contribution in [3.05, 3.63) is 35.9 Å². The third-order valence-corrected chi connectivity index (χ3v) is 1.51. The molecular formula is C10H13N. The summed E-state index contributed by atoms with van der Waals surface area (Å²) in [7, 11) is 0. The van der Waals surface area contributed by atoms with E-state index in [2.05, 4.69) is 4.99 Å². The fourth-order valence-corrected chi connectivity index (χ4v) is 0.948.